The normalized spacial score (nSPS) is 10.5. The Morgan fingerprint density at radius 2 is 1.84 bits per heavy atom. The Labute approximate surface area is 111 Å². The number of nitrogens with zero attached hydrogens (tertiary/aromatic N) is 1. The van der Waals surface area contributed by atoms with Crippen molar-refractivity contribution in [2.75, 3.05) is 14.2 Å². The zero-order chi connectivity index (χ0) is 14.0. The first kappa shape index (κ1) is 13.1. The molecule has 2 N–H and O–H groups in total. The number of aryl methyl sites for hydroxylation is 1. The van der Waals surface area contributed by atoms with Crippen molar-refractivity contribution >= 4 is 16.8 Å². The fourth-order valence-corrected chi connectivity index (χ4v) is 2.06. The van der Waals surface area contributed by atoms with E-state index in [0.29, 0.717) is 17.2 Å². The van der Waals surface area contributed by atoms with Crippen molar-refractivity contribution in [3.63, 3.8) is 0 Å². The van der Waals surface area contributed by atoms with E-state index in [4.69, 9.17) is 15.2 Å². The Hall–Kier alpha value is -2.30. The van der Waals surface area contributed by atoms with Crippen LogP contribution in [-0.4, -0.2) is 25.1 Å². The van der Waals surface area contributed by atoms with Crippen LogP contribution in [0.15, 0.2) is 18.2 Å². The summed E-state index contributed by atoms with van der Waals surface area (Å²) in [5.41, 5.74) is 7.63. The second-order valence-electron chi connectivity index (χ2n) is 4.30. The lowest BCUT2D eigenvalue weighted by Crippen LogP contribution is -2.14. The average Bonchev–Trinajstić information content (AvgIpc) is 2.36. The second kappa shape index (κ2) is 5.14. The van der Waals surface area contributed by atoms with E-state index >= 15 is 0 Å². The Morgan fingerprint density at radius 3 is 2.42 bits per heavy atom. The van der Waals surface area contributed by atoms with Gasteiger partial charge in [0.05, 0.1) is 31.9 Å². The molecule has 0 spiro atoms. The van der Waals surface area contributed by atoms with Crippen molar-refractivity contribution in [3.05, 3.63) is 29.5 Å². The first-order chi connectivity index (χ1) is 9.05. The molecule has 0 aliphatic carbocycles. The first-order valence-electron chi connectivity index (χ1n) is 5.85. The minimum atomic E-state index is -0.397. The standard InChI is InChI=1S/C14H16N2O3/c1-8-4-9(5-14(15)17)16-11-7-13(19-3)12(18-2)6-10(8)11/h4,6-7H,5H2,1-3H3,(H2,15,17). The molecule has 0 atom stereocenters. The molecule has 1 aromatic heterocycles. The molecule has 0 aliphatic rings. The molecule has 0 fully saturated rings. The average molecular weight is 260 g/mol. The summed E-state index contributed by atoms with van der Waals surface area (Å²) < 4.78 is 10.5. The van der Waals surface area contributed by atoms with E-state index in [0.717, 1.165) is 16.5 Å². The molecule has 2 rings (SSSR count). The summed E-state index contributed by atoms with van der Waals surface area (Å²) in [7, 11) is 3.16. The van der Waals surface area contributed by atoms with Crippen LogP contribution in [0.2, 0.25) is 0 Å². The molecule has 0 unspecified atom stereocenters. The summed E-state index contributed by atoms with van der Waals surface area (Å²) in [6, 6.07) is 5.54. The maximum atomic E-state index is 11.0. The summed E-state index contributed by atoms with van der Waals surface area (Å²) in [5, 5.41) is 0.964. The van der Waals surface area contributed by atoms with Crippen LogP contribution in [-0.2, 0) is 11.2 Å². The van der Waals surface area contributed by atoms with Gasteiger partial charge in [-0.3, -0.25) is 9.78 Å². The molecule has 19 heavy (non-hydrogen) atoms. The number of benzene rings is 1. The Bertz CT molecular complexity index is 638. The van der Waals surface area contributed by atoms with Crippen molar-refractivity contribution in [3.8, 4) is 11.5 Å². The number of fused-ring (bicyclic) bond motifs is 1. The van der Waals surface area contributed by atoms with E-state index in [-0.39, 0.29) is 6.42 Å². The number of rotatable bonds is 4. The van der Waals surface area contributed by atoms with Crippen LogP contribution < -0.4 is 15.2 Å². The van der Waals surface area contributed by atoms with Crippen LogP contribution in [0.3, 0.4) is 0 Å². The van der Waals surface area contributed by atoms with Crippen molar-refractivity contribution in [1.29, 1.82) is 0 Å². The zero-order valence-electron chi connectivity index (χ0n) is 11.2. The lowest BCUT2D eigenvalue weighted by molar-refractivity contribution is -0.117. The number of methoxy groups -OCH3 is 2. The highest BCUT2D eigenvalue weighted by molar-refractivity contribution is 5.86. The van der Waals surface area contributed by atoms with Crippen LogP contribution in [0, 0.1) is 6.92 Å². The molecule has 0 radical (unpaired) electrons. The Balaban J connectivity index is 2.63. The molecule has 0 saturated heterocycles. The summed E-state index contributed by atoms with van der Waals surface area (Å²) >= 11 is 0. The van der Waals surface area contributed by atoms with Gasteiger partial charge in [-0.2, -0.15) is 0 Å². The van der Waals surface area contributed by atoms with Gasteiger partial charge in [0.1, 0.15) is 0 Å². The van der Waals surface area contributed by atoms with E-state index in [1.807, 2.05) is 19.1 Å². The number of carbonyl (C=O) groups excluding carboxylic acids is 1. The van der Waals surface area contributed by atoms with Crippen molar-refractivity contribution in [2.24, 2.45) is 5.73 Å². The topological polar surface area (TPSA) is 74.4 Å². The van der Waals surface area contributed by atoms with Crippen LogP contribution in [0.4, 0.5) is 0 Å². The van der Waals surface area contributed by atoms with E-state index in [1.165, 1.54) is 0 Å². The SMILES string of the molecule is COc1cc2nc(CC(N)=O)cc(C)c2cc1OC. The number of ether oxygens (including phenoxy) is 2. The van der Waals surface area contributed by atoms with Gasteiger partial charge in [0, 0.05) is 11.5 Å². The maximum Gasteiger partial charge on any atom is 0.223 e. The zero-order valence-corrected chi connectivity index (χ0v) is 11.2. The summed E-state index contributed by atoms with van der Waals surface area (Å²) in [6.07, 6.45) is 0.130. The fraction of sp³-hybridized carbons (Fsp3) is 0.286. The van der Waals surface area contributed by atoms with E-state index in [2.05, 4.69) is 4.98 Å². The number of nitrogens with two attached hydrogens (primary N) is 1. The van der Waals surface area contributed by atoms with Gasteiger partial charge in [-0.25, -0.2) is 0 Å². The Kier molecular flexibility index (Phi) is 3.55. The lowest BCUT2D eigenvalue weighted by Gasteiger charge is -2.11. The number of hydrogen-bond acceptors (Lipinski definition) is 4. The first-order valence-corrected chi connectivity index (χ1v) is 5.85. The largest absolute Gasteiger partial charge is 0.493 e. The van der Waals surface area contributed by atoms with Gasteiger partial charge >= 0.3 is 0 Å². The van der Waals surface area contributed by atoms with Gasteiger partial charge < -0.3 is 15.2 Å². The van der Waals surface area contributed by atoms with Gasteiger partial charge in [0.25, 0.3) is 0 Å². The number of carbonyl (C=O) groups is 1. The van der Waals surface area contributed by atoms with E-state index in [9.17, 15) is 4.79 Å². The van der Waals surface area contributed by atoms with Crippen LogP contribution >= 0.6 is 0 Å². The molecule has 0 aliphatic heterocycles. The second-order valence-corrected chi connectivity index (χ2v) is 4.30. The summed E-state index contributed by atoms with van der Waals surface area (Å²) in [5.74, 6) is 0.868. The summed E-state index contributed by atoms with van der Waals surface area (Å²) in [4.78, 5) is 15.4. The Morgan fingerprint density at radius 1 is 1.21 bits per heavy atom. The number of hydrogen-bond donors (Lipinski definition) is 1. The van der Waals surface area contributed by atoms with Crippen molar-refractivity contribution in [2.45, 2.75) is 13.3 Å². The summed E-state index contributed by atoms with van der Waals surface area (Å²) in [6.45, 7) is 1.96. The molecule has 0 bridgehead atoms. The van der Waals surface area contributed by atoms with Gasteiger partial charge in [0.2, 0.25) is 5.91 Å². The van der Waals surface area contributed by atoms with Gasteiger partial charge in [0.15, 0.2) is 11.5 Å². The molecule has 0 saturated carbocycles. The molecule has 1 amide bonds. The monoisotopic (exact) mass is 260 g/mol. The number of aromatic nitrogens is 1. The van der Waals surface area contributed by atoms with Gasteiger partial charge in [-0.1, -0.05) is 0 Å². The van der Waals surface area contributed by atoms with Crippen LogP contribution in [0.5, 0.6) is 11.5 Å². The van der Waals surface area contributed by atoms with Gasteiger partial charge in [-0.15, -0.1) is 0 Å². The van der Waals surface area contributed by atoms with Crippen LogP contribution in [0.1, 0.15) is 11.3 Å². The molecule has 1 aromatic carbocycles. The predicted molar refractivity (Wildman–Crippen MR) is 72.5 cm³/mol. The molecular weight excluding hydrogens is 244 g/mol. The molecule has 5 heteroatoms. The number of amides is 1. The fourth-order valence-electron chi connectivity index (χ4n) is 2.06. The molecule has 100 valence electrons. The molecule has 2 aromatic rings. The third-order valence-corrected chi connectivity index (χ3v) is 2.93. The maximum absolute atomic E-state index is 11.0. The number of pyridine rings is 1. The highest BCUT2D eigenvalue weighted by Gasteiger charge is 2.10. The smallest absolute Gasteiger partial charge is 0.223 e. The highest BCUT2D eigenvalue weighted by atomic mass is 16.5. The third-order valence-electron chi connectivity index (χ3n) is 2.93. The van der Waals surface area contributed by atoms with E-state index in [1.54, 1.807) is 20.3 Å². The molecular formula is C14H16N2O3. The van der Waals surface area contributed by atoms with Crippen molar-refractivity contribution < 1.29 is 14.3 Å². The third kappa shape index (κ3) is 2.59. The molecule has 1 heterocycles. The van der Waals surface area contributed by atoms with E-state index < -0.39 is 5.91 Å². The number of primary amides is 1. The minimum absolute atomic E-state index is 0.130. The predicted octanol–water partition coefficient (Wildman–Crippen LogP) is 1.59. The van der Waals surface area contributed by atoms with Crippen molar-refractivity contribution in [1.82, 2.24) is 4.98 Å². The minimum Gasteiger partial charge on any atom is -0.493 e. The lowest BCUT2D eigenvalue weighted by atomic mass is 10.1. The highest BCUT2D eigenvalue weighted by Crippen LogP contribution is 2.32. The molecule has 5 nitrogen and oxygen atoms in total. The quantitative estimate of drug-likeness (QED) is 0.905. The van der Waals surface area contributed by atoms with Crippen LogP contribution in [0.25, 0.3) is 10.9 Å². The van der Waals surface area contributed by atoms with Gasteiger partial charge in [-0.05, 0) is 24.6 Å².